The summed E-state index contributed by atoms with van der Waals surface area (Å²) < 4.78 is 11.1. The Bertz CT molecular complexity index is 1180. The van der Waals surface area contributed by atoms with Gasteiger partial charge in [0.2, 0.25) is 0 Å². The van der Waals surface area contributed by atoms with Gasteiger partial charge in [0, 0.05) is 16.8 Å². The van der Waals surface area contributed by atoms with E-state index < -0.39 is 0 Å². The van der Waals surface area contributed by atoms with Crippen LogP contribution >= 0.6 is 11.3 Å². The number of amides is 1. The van der Waals surface area contributed by atoms with Gasteiger partial charge in [0.15, 0.2) is 18.1 Å². The summed E-state index contributed by atoms with van der Waals surface area (Å²) in [4.78, 5) is 18.0. The number of carbonyl (C=O) groups excluding carboxylic acids is 1. The number of nitriles is 1. The lowest BCUT2D eigenvalue weighted by Crippen LogP contribution is -2.20. The predicted octanol–water partition coefficient (Wildman–Crippen LogP) is 5.28. The summed E-state index contributed by atoms with van der Waals surface area (Å²) in [5.41, 5.74) is 3.41. The summed E-state index contributed by atoms with van der Waals surface area (Å²) >= 11 is 1.61. The van der Waals surface area contributed by atoms with Crippen LogP contribution < -0.4 is 14.8 Å². The van der Waals surface area contributed by atoms with Gasteiger partial charge in [0.25, 0.3) is 5.91 Å². The summed E-state index contributed by atoms with van der Waals surface area (Å²) in [5.74, 6) is 0.721. The third-order valence-electron chi connectivity index (χ3n) is 5.20. The first-order valence-corrected chi connectivity index (χ1v) is 11.2. The molecular weight excluding hydrogens is 422 g/mol. The molecule has 3 aromatic rings. The molecule has 1 aliphatic rings. The second-order valence-corrected chi connectivity index (χ2v) is 8.46. The van der Waals surface area contributed by atoms with Crippen molar-refractivity contribution in [2.24, 2.45) is 4.99 Å². The molecule has 0 bridgehead atoms. The number of aliphatic imine (C=N–C) groups is 1. The maximum absolute atomic E-state index is 12.1. The minimum Gasteiger partial charge on any atom is -0.493 e. The summed E-state index contributed by atoms with van der Waals surface area (Å²) in [6, 6.07) is 16.9. The number of benzene rings is 2. The third-order valence-corrected chi connectivity index (χ3v) is 6.40. The highest BCUT2D eigenvalue weighted by Gasteiger charge is 2.20. The zero-order valence-electron chi connectivity index (χ0n) is 17.8. The molecule has 1 heterocycles. The van der Waals surface area contributed by atoms with E-state index >= 15 is 0 Å². The molecule has 0 fully saturated rings. The van der Waals surface area contributed by atoms with Crippen molar-refractivity contribution in [3.8, 4) is 17.6 Å². The van der Waals surface area contributed by atoms with Gasteiger partial charge in [0.05, 0.1) is 12.7 Å². The fraction of sp³-hybridized carbons (Fsp3) is 0.240. The Morgan fingerprint density at radius 3 is 2.78 bits per heavy atom. The number of methoxy groups -OCH3 is 1. The molecule has 6 nitrogen and oxygen atoms in total. The number of anilines is 1. The lowest BCUT2D eigenvalue weighted by atomic mass is 9.96. The number of para-hydroxylation sites is 1. The first-order valence-electron chi connectivity index (χ1n) is 10.4. The molecule has 1 amide bonds. The molecule has 1 aromatic heterocycles. The van der Waals surface area contributed by atoms with Gasteiger partial charge in [-0.1, -0.05) is 18.2 Å². The third kappa shape index (κ3) is 4.98. The first-order chi connectivity index (χ1) is 15.7. The highest BCUT2D eigenvalue weighted by atomic mass is 32.1. The quantitative estimate of drug-likeness (QED) is 0.502. The number of nitrogens with one attached hydrogen (secondary N) is 1. The molecule has 0 aliphatic heterocycles. The maximum atomic E-state index is 12.1. The van der Waals surface area contributed by atoms with E-state index in [0.29, 0.717) is 22.7 Å². The lowest BCUT2D eigenvalue weighted by Gasteiger charge is -2.11. The Morgan fingerprint density at radius 1 is 1.19 bits per heavy atom. The summed E-state index contributed by atoms with van der Waals surface area (Å²) in [6.07, 6.45) is 6.02. The lowest BCUT2D eigenvalue weighted by molar-refractivity contribution is -0.118. The van der Waals surface area contributed by atoms with Crippen LogP contribution in [0.5, 0.6) is 11.5 Å². The Hall–Kier alpha value is -3.63. The van der Waals surface area contributed by atoms with Crippen molar-refractivity contribution >= 4 is 34.1 Å². The monoisotopic (exact) mass is 445 g/mol. The van der Waals surface area contributed by atoms with Gasteiger partial charge >= 0.3 is 0 Å². The minimum atomic E-state index is -0.255. The minimum absolute atomic E-state index is 0.134. The van der Waals surface area contributed by atoms with Crippen LogP contribution in [0.1, 0.15) is 34.4 Å². The molecular formula is C25H23N3O3S. The largest absolute Gasteiger partial charge is 0.493 e. The van der Waals surface area contributed by atoms with Gasteiger partial charge in [0.1, 0.15) is 11.1 Å². The molecule has 0 saturated heterocycles. The SMILES string of the molecule is COc1cc(C=Nc2sc3c(c2C#N)CCCC3)ccc1OCC(=O)Nc1ccccc1. The number of aryl methyl sites for hydroxylation is 1. The molecule has 0 spiro atoms. The van der Waals surface area contributed by atoms with Crippen molar-refractivity contribution in [3.05, 3.63) is 70.1 Å². The van der Waals surface area contributed by atoms with Crippen LogP contribution in [0.2, 0.25) is 0 Å². The molecule has 1 N–H and O–H groups in total. The van der Waals surface area contributed by atoms with Crippen molar-refractivity contribution < 1.29 is 14.3 Å². The Labute approximate surface area is 191 Å². The molecule has 0 unspecified atom stereocenters. The number of thiophene rings is 1. The van der Waals surface area contributed by atoms with E-state index in [4.69, 9.17) is 9.47 Å². The summed E-state index contributed by atoms with van der Waals surface area (Å²) in [5, 5.41) is 13.1. The van der Waals surface area contributed by atoms with Crippen molar-refractivity contribution in [2.45, 2.75) is 25.7 Å². The van der Waals surface area contributed by atoms with Crippen LogP contribution in [0.4, 0.5) is 10.7 Å². The highest BCUT2D eigenvalue weighted by Crippen LogP contribution is 2.39. The van der Waals surface area contributed by atoms with E-state index in [1.807, 2.05) is 36.4 Å². The molecule has 0 radical (unpaired) electrons. The maximum Gasteiger partial charge on any atom is 0.262 e. The van der Waals surface area contributed by atoms with Crippen LogP contribution in [0.25, 0.3) is 0 Å². The molecule has 32 heavy (non-hydrogen) atoms. The molecule has 1 aliphatic carbocycles. The predicted molar refractivity (Wildman–Crippen MR) is 126 cm³/mol. The van der Waals surface area contributed by atoms with Crippen molar-refractivity contribution in [3.63, 3.8) is 0 Å². The average molecular weight is 446 g/mol. The van der Waals surface area contributed by atoms with Gasteiger partial charge in [-0.2, -0.15) is 5.26 Å². The van der Waals surface area contributed by atoms with Gasteiger partial charge in [-0.05, 0) is 67.1 Å². The Morgan fingerprint density at radius 2 is 2.00 bits per heavy atom. The van der Waals surface area contributed by atoms with Crippen LogP contribution in [0, 0.1) is 11.3 Å². The topological polar surface area (TPSA) is 83.7 Å². The number of hydrogen-bond donors (Lipinski definition) is 1. The summed E-state index contributed by atoms with van der Waals surface area (Å²) in [6.45, 7) is -0.134. The van der Waals surface area contributed by atoms with Gasteiger partial charge in [-0.3, -0.25) is 4.79 Å². The van der Waals surface area contributed by atoms with Crippen molar-refractivity contribution in [2.75, 3.05) is 19.0 Å². The van der Waals surface area contributed by atoms with E-state index in [1.54, 1.807) is 36.8 Å². The van der Waals surface area contributed by atoms with E-state index in [1.165, 1.54) is 16.9 Å². The van der Waals surface area contributed by atoms with E-state index in [9.17, 15) is 10.1 Å². The van der Waals surface area contributed by atoms with Gasteiger partial charge in [-0.15, -0.1) is 11.3 Å². The zero-order chi connectivity index (χ0) is 22.3. The molecule has 0 saturated carbocycles. The van der Waals surface area contributed by atoms with Crippen LogP contribution in [0.3, 0.4) is 0 Å². The van der Waals surface area contributed by atoms with Gasteiger partial charge in [-0.25, -0.2) is 4.99 Å². The number of hydrogen-bond acceptors (Lipinski definition) is 6. The average Bonchev–Trinajstić information content (AvgIpc) is 3.19. The number of rotatable bonds is 7. The number of ether oxygens (including phenoxy) is 2. The van der Waals surface area contributed by atoms with Crippen LogP contribution in [-0.4, -0.2) is 25.8 Å². The number of fused-ring (bicyclic) bond motifs is 1. The highest BCUT2D eigenvalue weighted by molar-refractivity contribution is 7.16. The van der Waals surface area contributed by atoms with Gasteiger partial charge < -0.3 is 14.8 Å². The molecule has 7 heteroatoms. The van der Waals surface area contributed by atoms with E-state index in [2.05, 4.69) is 16.4 Å². The second kappa shape index (κ2) is 10.1. The standard InChI is InChI=1S/C25H23N3O3S/c1-30-22-13-17(15-27-25-20(14-26)19-9-5-6-10-23(19)32-25)11-12-21(22)31-16-24(29)28-18-7-3-2-4-8-18/h2-4,7-8,11-13,15H,5-6,9-10,16H2,1H3,(H,28,29). The normalized spacial score (nSPS) is 12.8. The fourth-order valence-corrected chi connectivity index (χ4v) is 4.82. The van der Waals surface area contributed by atoms with Crippen molar-refractivity contribution in [1.82, 2.24) is 0 Å². The van der Waals surface area contributed by atoms with Crippen LogP contribution in [-0.2, 0) is 17.6 Å². The molecule has 0 atom stereocenters. The molecule has 162 valence electrons. The molecule has 4 rings (SSSR count). The van der Waals surface area contributed by atoms with E-state index in [0.717, 1.165) is 29.8 Å². The molecule has 2 aromatic carbocycles. The number of carbonyl (C=O) groups is 1. The zero-order valence-corrected chi connectivity index (χ0v) is 18.6. The summed E-state index contributed by atoms with van der Waals surface area (Å²) in [7, 11) is 1.55. The van der Waals surface area contributed by atoms with Crippen molar-refractivity contribution in [1.29, 1.82) is 5.26 Å². The fourth-order valence-electron chi connectivity index (χ4n) is 3.64. The number of nitrogens with zero attached hydrogens (tertiary/aromatic N) is 2. The smallest absolute Gasteiger partial charge is 0.262 e. The van der Waals surface area contributed by atoms with Crippen LogP contribution in [0.15, 0.2) is 53.5 Å². The van der Waals surface area contributed by atoms with E-state index in [-0.39, 0.29) is 12.5 Å². The first kappa shape index (κ1) is 21.6. The Balaban J connectivity index is 1.44. The second-order valence-electron chi connectivity index (χ2n) is 7.37. The Kier molecular flexibility index (Phi) is 6.83.